The molecule has 0 spiro atoms. The lowest BCUT2D eigenvalue weighted by Crippen LogP contribution is -2.24. The topological polar surface area (TPSA) is 117 Å². The normalized spacial score (nSPS) is 11.1. The number of nitrogens with one attached hydrogen (secondary N) is 1. The van der Waals surface area contributed by atoms with Gasteiger partial charge in [0, 0.05) is 35.6 Å². The number of carbonyl (C=O) groups is 1. The van der Waals surface area contributed by atoms with Crippen molar-refractivity contribution in [3.05, 3.63) is 83.0 Å². The molecule has 0 aliphatic rings. The van der Waals surface area contributed by atoms with E-state index in [9.17, 15) is 9.59 Å². The van der Waals surface area contributed by atoms with Crippen molar-refractivity contribution in [2.45, 2.75) is 19.9 Å². The highest BCUT2D eigenvalue weighted by Crippen LogP contribution is 2.36. The first-order valence-electron chi connectivity index (χ1n) is 11.8. The van der Waals surface area contributed by atoms with E-state index in [0.29, 0.717) is 50.5 Å². The number of aromatic nitrogens is 4. The average molecular weight is 512 g/mol. The maximum atomic E-state index is 13.1. The third-order valence-corrected chi connectivity index (χ3v) is 6.08. The van der Waals surface area contributed by atoms with Gasteiger partial charge in [-0.05, 0) is 50.2 Å². The maximum Gasteiger partial charge on any atom is 0.261 e. The Bertz CT molecular complexity index is 1710. The Balaban J connectivity index is 1.39. The van der Waals surface area contributed by atoms with Crippen molar-refractivity contribution >= 4 is 33.4 Å². The molecule has 5 rings (SSSR count). The van der Waals surface area contributed by atoms with Crippen molar-refractivity contribution in [1.29, 1.82) is 0 Å². The van der Waals surface area contributed by atoms with Crippen LogP contribution in [0.3, 0.4) is 0 Å². The van der Waals surface area contributed by atoms with Crippen LogP contribution in [0.5, 0.6) is 23.0 Å². The average Bonchev–Trinajstić information content (AvgIpc) is 2.93. The summed E-state index contributed by atoms with van der Waals surface area (Å²) in [6.45, 7) is 3.96. The number of fused-ring (bicyclic) bond motifs is 2. The van der Waals surface area contributed by atoms with Gasteiger partial charge in [-0.2, -0.15) is 10.2 Å². The number of nitrogens with zero attached hydrogens (tertiary/aromatic N) is 4. The molecular formula is C28H25N5O5. The summed E-state index contributed by atoms with van der Waals surface area (Å²) in [5.74, 6) is 1.58. The van der Waals surface area contributed by atoms with Crippen LogP contribution >= 0.6 is 0 Å². The molecule has 10 nitrogen and oxygen atoms in total. The van der Waals surface area contributed by atoms with Gasteiger partial charge in [-0.15, -0.1) is 0 Å². The highest BCUT2D eigenvalue weighted by Gasteiger charge is 2.17. The maximum absolute atomic E-state index is 13.1. The molecule has 10 heteroatoms. The molecule has 0 saturated heterocycles. The van der Waals surface area contributed by atoms with E-state index in [1.807, 2.05) is 18.4 Å². The van der Waals surface area contributed by atoms with E-state index in [0.717, 1.165) is 0 Å². The molecule has 1 amide bonds. The first-order valence-corrected chi connectivity index (χ1v) is 11.8. The fourth-order valence-corrected chi connectivity index (χ4v) is 4.16. The zero-order valence-electron chi connectivity index (χ0n) is 21.3. The third kappa shape index (κ3) is 4.59. The van der Waals surface area contributed by atoms with Gasteiger partial charge >= 0.3 is 0 Å². The third-order valence-electron chi connectivity index (χ3n) is 6.08. The number of anilines is 1. The van der Waals surface area contributed by atoms with Gasteiger partial charge in [-0.3, -0.25) is 14.6 Å². The first kappa shape index (κ1) is 24.7. The lowest BCUT2D eigenvalue weighted by molar-refractivity contribution is 0.102. The Kier molecular flexibility index (Phi) is 6.61. The van der Waals surface area contributed by atoms with Gasteiger partial charge in [0.2, 0.25) is 5.43 Å². The molecular weight excluding hydrogens is 486 g/mol. The van der Waals surface area contributed by atoms with Crippen LogP contribution in [0.2, 0.25) is 0 Å². The summed E-state index contributed by atoms with van der Waals surface area (Å²) in [6, 6.07) is 12.0. The number of hydrogen-bond acceptors (Lipinski definition) is 8. The molecule has 0 saturated carbocycles. The Morgan fingerprint density at radius 3 is 2.39 bits per heavy atom. The summed E-state index contributed by atoms with van der Waals surface area (Å²) >= 11 is 0. The molecule has 5 aromatic rings. The molecule has 0 unspecified atom stereocenters. The lowest BCUT2D eigenvalue weighted by atomic mass is 10.1. The van der Waals surface area contributed by atoms with Gasteiger partial charge in [0.15, 0.2) is 17.2 Å². The predicted molar refractivity (Wildman–Crippen MR) is 143 cm³/mol. The minimum absolute atomic E-state index is 0.0325. The van der Waals surface area contributed by atoms with Crippen molar-refractivity contribution in [2.75, 3.05) is 19.5 Å². The van der Waals surface area contributed by atoms with Crippen LogP contribution < -0.4 is 25.0 Å². The van der Waals surface area contributed by atoms with Gasteiger partial charge in [-0.1, -0.05) is 0 Å². The Labute approximate surface area is 217 Å². The van der Waals surface area contributed by atoms with E-state index in [4.69, 9.17) is 14.2 Å². The number of pyridine rings is 2. The molecule has 1 N–H and O–H groups in total. The van der Waals surface area contributed by atoms with Crippen LogP contribution in [-0.4, -0.2) is 39.9 Å². The summed E-state index contributed by atoms with van der Waals surface area (Å²) < 4.78 is 18.6. The summed E-state index contributed by atoms with van der Waals surface area (Å²) in [5, 5.41) is 12.1. The highest BCUT2D eigenvalue weighted by molar-refractivity contribution is 6.05. The predicted octanol–water partition coefficient (Wildman–Crippen LogP) is 4.98. The second-order valence-corrected chi connectivity index (χ2v) is 8.78. The molecule has 0 aliphatic carbocycles. The Morgan fingerprint density at radius 1 is 0.947 bits per heavy atom. The molecule has 0 radical (unpaired) electrons. The van der Waals surface area contributed by atoms with Crippen LogP contribution in [0.1, 0.15) is 30.2 Å². The largest absolute Gasteiger partial charge is 0.493 e. The summed E-state index contributed by atoms with van der Waals surface area (Å²) in [5.41, 5.74) is 1.48. The number of rotatable bonds is 7. The van der Waals surface area contributed by atoms with Crippen LogP contribution in [-0.2, 0) is 0 Å². The molecule has 2 aromatic carbocycles. The fourth-order valence-electron chi connectivity index (χ4n) is 4.16. The first-order chi connectivity index (χ1) is 18.4. The van der Waals surface area contributed by atoms with E-state index in [1.165, 1.54) is 6.20 Å². The van der Waals surface area contributed by atoms with Crippen molar-refractivity contribution in [2.24, 2.45) is 0 Å². The van der Waals surface area contributed by atoms with Gasteiger partial charge in [0.1, 0.15) is 16.8 Å². The van der Waals surface area contributed by atoms with Crippen LogP contribution in [0.15, 0.2) is 72.0 Å². The molecule has 0 aliphatic heterocycles. The summed E-state index contributed by atoms with van der Waals surface area (Å²) in [6.07, 6.45) is 6.27. The highest BCUT2D eigenvalue weighted by atomic mass is 16.5. The molecule has 192 valence electrons. The fraction of sp³-hybridized carbons (Fsp3) is 0.179. The zero-order chi connectivity index (χ0) is 26.8. The van der Waals surface area contributed by atoms with E-state index in [1.54, 1.807) is 75.3 Å². The Hall–Kier alpha value is -4.99. The molecule has 3 aromatic heterocycles. The molecule has 38 heavy (non-hydrogen) atoms. The van der Waals surface area contributed by atoms with Crippen LogP contribution in [0.4, 0.5) is 5.69 Å². The second kappa shape index (κ2) is 10.2. The van der Waals surface area contributed by atoms with Gasteiger partial charge in [-0.25, -0.2) is 0 Å². The van der Waals surface area contributed by atoms with E-state index < -0.39 is 5.91 Å². The van der Waals surface area contributed by atoms with Gasteiger partial charge < -0.3 is 24.1 Å². The second-order valence-electron chi connectivity index (χ2n) is 8.78. The molecule has 0 bridgehead atoms. The van der Waals surface area contributed by atoms with Crippen LogP contribution in [0, 0.1) is 0 Å². The molecule has 0 fully saturated rings. The minimum Gasteiger partial charge on any atom is -0.493 e. The number of amides is 1. The van der Waals surface area contributed by atoms with Crippen molar-refractivity contribution in [3.63, 3.8) is 0 Å². The summed E-state index contributed by atoms with van der Waals surface area (Å²) in [4.78, 5) is 30.2. The van der Waals surface area contributed by atoms with E-state index >= 15 is 0 Å². The van der Waals surface area contributed by atoms with E-state index in [-0.39, 0.29) is 17.0 Å². The van der Waals surface area contributed by atoms with Gasteiger partial charge in [0.25, 0.3) is 5.91 Å². The summed E-state index contributed by atoms with van der Waals surface area (Å²) in [7, 11) is 3.11. The quantitative estimate of drug-likeness (QED) is 0.325. The van der Waals surface area contributed by atoms with E-state index in [2.05, 4.69) is 20.5 Å². The SMILES string of the molecule is COc1cc2nncc(Oc3ccc(NC(=O)c4cn(C(C)C)c5cnccc5c4=O)cc3)c2cc1OC. The van der Waals surface area contributed by atoms with Crippen LogP contribution in [0.25, 0.3) is 21.8 Å². The number of ether oxygens (including phenoxy) is 3. The number of benzene rings is 2. The monoisotopic (exact) mass is 511 g/mol. The lowest BCUT2D eigenvalue weighted by Gasteiger charge is -2.16. The number of carbonyl (C=O) groups excluding carboxylic acids is 1. The number of methoxy groups -OCH3 is 2. The van der Waals surface area contributed by atoms with Crippen molar-refractivity contribution < 1.29 is 19.0 Å². The van der Waals surface area contributed by atoms with Crippen molar-refractivity contribution in [3.8, 4) is 23.0 Å². The Morgan fingerprint density at radius 2 is 1.68 bits per heavy atom. The molecule has 0 atom stereocenters. The number of hydrogen-bond donors (Lipinski definition) is 1. The van der Waals surface area contributed by atoms with Crippen molar-refractivity contribution in [1.82, 2.24) is 19.7 Å². The smallest absolute Gasteiger partial charge is 0.261 e. The van der Waals surface area contributed by atoms with Gasteiger partial charge in [0.05, 0.1) is 37.5 Å². The minimum atomic E-state index is -0.498. The standard InChI is InChI=1S/C28H25N5O5/c1-16(2)33-15-21(27(34)19-9-10-29-13-23(19)33)28(35)31-17-5-7-18(8-6-17)38-26-14-30-32-22-12-25(37-4)24(36-3)11-20(22)26/h5-16H,1-4H3,(H,31,35). The zero-order valence-corrected chi connectivity index (χ0v) is 21.3. The molecule has 3 heterocycles.